The predicted molar refractivity (Wildman–Crippen MR) is 92.1 cm³/mol. The van der Waals surface area contributed by atoms with Crippen LogP contribution in [-0.4, -0.2) is 28.7 Å². The monoisotopic (exact) mass is 355 g/mol. The van der Waals surface area contributed by atoms with Crippen molar-refractivity contribution in [3.8, 4) is 11.5 Å². The maximum absolute atomic E-state index is 12.2. The Labute approximate surface area is 141 Å². The van der Waals surface area contributed by atoms with Gasteiger partial charge in [0.15, 0.2) is 11.5 Å². The molecule has 0 saturated carbocycles. The largest absolute Gasteiger partial charge is 0.493 e. The Morgan fingerprint density at radius 3 is 2.61 bits per heavy atom. The van der Waals surface area contributed by atoms with Gasteiger partial charge in [0.05, 0.1) is 7.11 Å². The molecule has 2 aromatic rings. The summed E-state index contributed by atoms with van der Waals surface area (Å²) < 4.78 is 38.0. The van der Waals surface area contributed by atoms with Crippen molar-refractivity contribution < 1.29 is 17.9 Å². The minimum Gasteiger partial charge on any atom is -0.493 e. The highest BCUT2D eigenvalue weighted by Crippen LogP contribution is 2.27. The molecule has 0 saturated heterocycles. The zero-order valence-electron chi connectivity index (χ0n) is 13.5. The molecule has 7 heteroatoms. The van der Waals surface area contributed by atoms with Crippen LogP contribution in [0.1, 0.15) is 17.4 Å². The van der Waals surface area contributed by atoms with Gasteiger partial charge in [-0.1, -0.05) is 13.0 Å². The number of sulfonamides is 1. The Morgan fingerprint density at radius 2 is 1.96 bits per heavy atom. The maximum atomic E-state index is 12.2. The van der Waals surface area contributed by atoms with Crippen molar-refractivity contribution in [2.24, 2.45) is 0 Å². The van der Waals surface area contributed by atoms with Crippen LogP contribution in [0.2, 0.25) is 0 Å². The van der Waals surface area contributed by atoms with E-state index in [-0.39, 0.29) is 13.2 Å². The zero-order valence-corrected chi connectivity index (χ0v) is 15.1. The Bertz CT molecular complexity index is 753. The smallest absolute Gasteiger partial charge is 0.250 e. The lowest BCUT2D eigenvalue weighted by Crippen LogP contribution is -2.27. The molecule has 1 heterocycles. The molecule has 126 valence electrons. The molecule has 0 spiro atoms. The predicted octanol–water partition coefficient (Wildman–Crippen LogP) is 2.98. The van der Waals surface area contributed by atoms with Crippen molar-refractivity contribution >= 4 is 21.4 Å². The van der Waals surface area contributed by atoms with E-state index < -0.39 is 10.0 Å². The maximum Gasteiger partial charge on any atom is 0.250 e. The second-order valence-corrected chi connectivity index (χ2v) is 8.14. The van der Waals surface area contributed by atoms with Gasteiger partial charge in [0, 0.05) is 11.4 Å². The molecule has 2 rings (SSSR count). The highest BCUT2D eigenvalue weighted by Gasteiger charge is 2.16. The van der Waals surface area contributed by atoms with Gasteiger partial charge in [0.1, 0.15) is 10.8 Å². The van der Waals surface area contributed by atoms with Crippen LogP contribution in [0.15, 0.2) is 34.5 Å². The first-order valence-corrected chi connectivity index (χ1v) is 9.62. The van der Waals surface area contributed by atoms with E-state index in [1.54, 1.807) is 13.2 Å². The SMILES string of the molecule is CCc1ccc(S(=O)(=O)NCCOc2ccc(C)cc2OC)s1. The summed E-state index contributed by atoms with van der Waals surface area (Å²) >= 11 is 1.29. The molecule has 0 aliphatic carbocycles. The quantitative estimate of drug-likeness (QED) is 0.740. The number of thiophene rings is 1. The summed E-state index contributed by atoms with van der Waals surface area (Å²) in [7, 11) is -1.89. The van der Waals surface area contributed by atoms with E-state index in [4.69, 9.17) is 9.47 Å². The van der Waals surface area contributed by atoms with Crippen LogP contribution in [0.3, 0.4) is 0 Å². The molecular formula is C16H21NO4S2. The molecule has 1 aromatic carbocycles. The standard InChI is InChI=1S/C16H21NO4S2/c1-4-13-6-8-16(22-13)23(18,19)17-9-10-21-14-7-5-12(2)11-15(14)20-3/h5-8,11,17H,4,9-10H2,1-3H3. The summed E-state index contributed by atoms with van der Waals surface area (Å²) in [6.45, 7) is 4.38. The van der Waals surface area contributed by atoms with Gasteiger partial charge in [-0.05, 0) is 43.2 Å². The molecule has 0 bridgehead atoms. The molecule has 1 N–H and O–H groups in total. The molecule has 0 aliphatic heterocycles. The first-order valence-electron chi connectivity index (χ1n) is 7.32. The van der Waals surface area contributed by atoms with E-state index in [0.29, 0.717) is 15.7 Å². The number of nitrogens with one attached hydrogen (secondary N) is 1. The van der Waals surface area contributed by atoms with Crippen molar-refractivity contribution in [3.05, 3.63) is 40.8 Å². The second kappa shape index (κ2) is 7.81. The molecule has 0 aliphatic rings. The minimum absolute atomic E-state index is 0.193. The van der Waals surface area contributed by atoms with E-state index in [9.17, 15) is 8.42 Å². The number of aryl methyl sites for hydroxylation is 2. The molecule has 0 unspecified atom stereocenters. The minimum atomic E-state index is -3.47. The molecule has 0 radical (unpaired) electrons. The number of methoxy groups -OCH3 is 1. The van der Waals surface area contributed by atoms with Gasteiger partial charge in [-0.3, -0.25) is 0 Å². The van der Waals surface area contributed by atoms with E-state index in [2.05, 4.69) is 4.72 Å². The Morgan fingerprint density at radius 1 is 1.17 bits per heavy atom. The lowest BCUT2D eigenvalue weighted by molar-refractivity contribution is 0.298. The van der Waals surface area contributed by atoms with E-state index in [1.165, 1.54) is 11.3 Å². The van der Waals surface area contributed by atoms with E-state index in [0.717, 1.165) is 16.9 Å². The zero-order chi connectivity index (χ0) is 16.9. The Kier molecular flexibility index (Phi) is 6.04. The van der Waals surface area contributed by atoms with E-state index >= 15 is 0 Å². The highest BCUT2D eigenvalue weighted by molar-refractivity contribution is 7.91. The summed E-state index contributed by atoms with van der Waals surface area (Å²) in [5, 5.41) is 0. The van der Waals surface area contributed by atoms with Gasteiger partial charge in [-0.25, -0.2) is 13.1 Å². The van der Waals surface area contributed by atoms with Gasteiger partial charge in [0.2, 0.25) is 10.0 Å². The van der Waals surface area contributed by atoms with Gasteiger partial charge in [-0.2, -0.15) is 0 Å². The van der Waals surface area contributed by atoms with Crippen LogP contribution < -0.4 is 14.2 Å². The van der Waals surface area contributed by atoms with Crippen LogP contribution in [-0.2, 0) is 16.4 Å². The number of hydrogen-bond acceptors (Lipinski definition) is 5. The van der Waals surface area contributed by atoms with Crippen LogP contribution in [0, 0.1) is 6.92 Å². The number of hydrogen-bond donors (Lipinski definition) is 1. The summed E-state index contributed by atoms with van der Waals surface area (Å²) in [5.41, 5.74) is 1.07. The summed E-state index contributed by atoms with van der Waals surface area (Å²) in [4.78, 5) is 1.05. The average Bonchev–Trinajstić information content (AvgIpc) is 3.02. The third-order valence-electron chi connectivity index (χ3n) is 3.22. The van der Waals surface area contributed by atoms with Crippen molar-refractivity contribution in [2.45, 2.75) is 24.5 Å². The third-order valence-corrected chi connectivity index (χ3v) is 6.40. The molecule has 23 heavy (non-hydrogen) atoms. The lowest BCUT2D eigenvalue weighted by Gasteiger charge is -2.11. The summed E-state index contributed by atoms with van der Waals surface area (Å²) in [6.07, 6.45) is 0.830. The van der Waals surface area contributed by atoms with Crippen molar-refractivity contribution in [3.63, 3.8) is 0 Å². The molecule has 5 nitrogen and oxygen atoms in total. The van der Waals surface area contributed by atoms with Crippen molar-refractivity contribution in [1.29, 1.82) is 0 Å². The molecule has 0 atom stereocenters. The van der Waals surface area contributed by atoms with Gasteiger partial charge in [-0.15, -0.1) is 11.3 Å². The molecule has 1 aromatic heterocycles. The lowest BCUT2D eigenvalue weighted by atomic mass is 10.2. The van der Waals surface area contributed by atoms with Crippen molar-refractivity contribution in [1.82, 2.24) is 4.72 Å². The van der Waals surface area contributed by atoms with Crippen LogP contribution >= 0.6 is 11.3 Å². The number of benzene rings is 1. The van der Waals surface area contributed by atoms with Crippen LogP contribution in [0.5, 0.6) is 11.5 Å². The van der Waals surface area contributed by atoms with Crippen LogP contribution in [0.4, 0.5) is 0 Å². The Hall–Kier alpha value is -1.57. The fraction of sp³-hybridized carbons (Fsp3) is 0.375. The molecular weight excluding hydrogens is 334 g/mol. The summed E-state index contributed by atoms with van der Waals surface area (Å²) in [5.74, 6) is 1.24. The normalized spacial score (nSPS) is 11.4. The van der Waals surface area contributed by atoms with Crippen LogP contribution in [0.25, 0.3) is 0 Å². The van der Waals surface area contributed by atoms with Gasteiger partial charge in [0.25, 0.3) is 0 Å². The third kappa shape index (κ3) is 4.70. The topological polar surface area (TPSA) is 64.6 Å². The number of rotatable bonds is 8. The van der Waals surface area contributed by atoms with E-state index in [1.807, 2.05) is 38.1 Å². The van der Waals surface area contributed by atoms with Gasteiger partial charge < -0.3 is 9.47 Å². The fourth-order valence-corrected chi connectivity index (χ4v) is 4.35. The molecule has 0 fully saturated rings. The second-order valence-electron chi connectivity index (χ2n) is 4.97. The first-order chi connectivity index (χ1) is 11.0. The average molecular weight is 355 g/mol. The Balaban J connectivity index is 1.90. The molecule has 0 amide bonds. The fourth-order valence-electron chi connectivity index (χ4n) is 1.99. The van der Waals surface area contributed by atoms with Gasteiger partial charge >= 0.3 is 0 Å². The van der Waals surface area contributed by atoms with Crippen molar-refractivity contribution in [2.75, 3.05) is 20.3 Å². The summed E-state index contributed by atoms with van der Waals surface area (Å²) in [6, 6.07) is 9.08. The number of ether oxygens (including phenoxy) is 2. The first kappa shape index (κ1) is 17.8. The highest BCUT2D eigenvalue weighted by atomic mass is 32.2.